The lowest BCUT2D eigenvalue weighted by atomic mass is 10.0. The standard InChI is InChI=1S/C18H33N5O3.ClH/c1-6-7-10-23-15(21-16(24)12(4)13(5)19)14(17(25)22-18(23)26)20-9-8-11(2)3;/h11-13,20H,6-10,19H2,1-5H3,(H,21,24)(H,22,25,26);1H. The summed E-state index contributed by atoms with van der Waals surface area (Å²) in [5.41, 5.74) is 4.96. The second kappa shape index (κ2) is 11.8. The van der Waals surface area contributed by atoms with Crippen LogP contribution >= 0.6 is 12.4 Å². The van der Waals surface area contributed by atoms with E-state index in [1.54, 1.807) is 13.8 Å². The van der Waals surface area contributed by atoms with Crippen LogP contribution in [0.5, 0.6) is 0 Å². The predicted octanol–water partition coefficient (Wildman–Crippen LogP) is 2.14. The number of nitrogens with zero attached hydrogens (tertiary/aromatic N) is 1. The molecule has 0 bridgehead atoms. The van der Waals surface area contributed by atoms with E-state index in [9.17, 15) is 14.4 Å². The van der Waals surface area contributed by atoms with Gasteiger partial charge < -0.3 is 16.4 Å². The molecular formula is C18H34ClN5O3. The molecule has 0 saturated carbocycles. The molecule has 0 aromatic carbocycles. The first-order valence-electron chi connectivity index (χ1n) is 9.36. The molecule has 0 fully saturated rings. The largest absolute Gasteiger partial charge is 0.378 e. The molecule has 9 heteroatoms. The Hall–Kier alpha value is -1.80. The van der Waals surface area contributed by atoms with Gasteiger partial charge in [-0.25, -0.2) is 4.79 Å². The number of halogens is 1. The Labute approximate surface area is 166 Å². The van der Waals surface area contributed by atoms with Crippen molar-refractivity contribution in [2.75, 3.05) is 17.2 Å². The van der Waals surface area contributed by atoms with Crippen LogP contribution in [0.3, 0.4) is 0 Å². The molecule has 2 atom stereocenters. The zero-order valence-electron chi connectivity index (χ0n) is 16.9. The van der Waals surface area contributed by atoms with Gasteiger partial charge in [-0.2, -0.15) is 0 Å². The molecule has 1 amide bonds. The van der Waals surface area contributed by atoms with Gasteiger partial charge in [0.05, 0.1) is 5.92 Å². The van der Waals surface area contributed by atoms with Crippen LogP contribution in [-0.4, -0.2) is 28.0 Å². The molecule has 2 unspecified atom stereocenters. The van der Waals surface area contributed by atoms with Gasteiger partial charge in [0.15, 0.2) is 0 Å². The van der Waals surface area contributed by atoms with Crippen molar-refractivity contribution in [1.29, 1.82) is 0 Å². The maximum atomic E-state index is 12.5. The summed E-state index contributed by atoms with van der Waals surface area (Å²) in [6, 6.07) is -0.342. The summed E-state index contributed by atoms with van der Waals surface area (Å²) in [4.78, 5) is 39.5. The predicted molar refractivity (Wildman–Crippen MR) is 113 cm³/mol. The van der Waals surface area contributed by atoms with Gasteiger partial charge in [-0.3, -0.25) is 19.1 Å². The molecule has 5 N–H and O–H groups in total. The fourth-order valence-corrected chi connectivity index (χ4v) is 2.35. The summed E-state index contributed by atoms with van der Waals surface area (Å²) in [7, 11) is 0. The smallest absolute Gasteiger partial charge is 0.330 e. The fraction of sp³-hybridized carbons (Fsp3) is 0.722. The minimum Gasteiger partial charge on any atom is -0.378 e. The highest BCUT2D eigenvalue weighted by molar-refractivity contribution is 5.94. The normalized spacial score (nSPS) is 13.0. The van der Waals surface area contributed by atoms with Crippen molar-refractivity contribution in [3.05, 3.63) is 20.8 Å². The molecule has 0 radical (unpaired) electrons. The molecule has 156 valence electrons. The van der Waals surface area contributed by atoms with Crippen LogP contribution in [0.2, 0.25) is 0 Å². The number of H-pyrrole nitrogens is 1. The Bertz CT molecular complexity index is 712. The van der Waals surface area contributed by atoms with Crippen LogP contribution < -0.4 is 27.6 Å². The highest BCUT2D eigenvalue weighted by Gasteiger charge is 2.22. The van der Waals surface area contributed by atoms with Crippen LogP contribution in [0.4, 0.5) is 11.5 Å². The van der Waals surface area contributed by atoms with Gasteiger partial charge in [-0.05, 0) is 25.7 Å². The van der Waals surface area contributed by atoms with E-state index in [0.29, 0.717) is 19.0 Å². The summed E-state index contributed by atoms with van der Waals surface area (Å²) in [6.07, 6.45) is 2.49. The van der Waals surface area contributed by atoms with Crippen molar-refractivity contribution >= 4 is 29.8 Å². The number of carbonyl (C=O) groups excluding carboxylic acids is 1. The summed E-state index contributed by atoms with van der Waals surface area (Å²) >= 11 is 0. The molecular weight excluding hydrogens is 370 g/mol. The minimum atomic E-state index is -0.532. The van der Waals surface area contributed by atoms with Gasteiger partial charge in [0.1, 0.15) is 11.5 Å². The first kappa shape index (κ1) is 25.2. The van der Waals surface area contributed by atoms with Gasteiger partial charge in [-0.1, -0.05) is 34.1 Å². The molecule has 1 heterocycles. The quantitative estimate of drug-likeness (QED) is 0.476. The molecule has 1 rings (SSSR count). The monoisotopic (exact) mass is 403 g/mol. The van der Waals surface area contributed by atoms with Crippen LogP contribution in [-0.2, 0) is 11.3 Å². The van der Waals surface area contributed by atoms with E-state index in [1.165, 1.54) is 4.57 Å². The number of unbranched alkanes of at least 4 members (excludes halogenated alkanes) is 1. The minimum absolute atomic E-state index is 0. The number of rotatable bonds is 10. The third kappa shape index (κ3) is 7.38. The van der Waals surface area contributed by atoms with Crippen LogP contribution in [0, 0.1) is 11.8 Å². The molecule has 8 nitrogen and oxygen atoms in total. The number of nitrogens with one attached hydrogen (secondary N) is 3. The Morgan fingerprint density at radius 2 is 1.85 bits per heavy atom. The molecule has 0 aliphatic carbocycles. The van der Waals surface area contributed by atoms with E-state index >= 15 is 0 Å². The van der Waals surface area contributed by atoms with Crippen molar-refractivity contribution in [3.8, 4) is 0 Å². The van der Waals surface area contributed by atoms with Crippen molar-refractivity contribution in [2.45, 2.75) is 66.5 Å². The number of anilines is 2. The lowest BCUT2D eigenvalue weighted by Gasteiger charge is -2.21. The Kier molecular flexibility index (Phi) is 11.0. The highest BCUT2D eigenvalue weighted by atomic mass is 35.5. The zero-order chi connectivity index (χ0) is 19.9. The second-order valence-electron chi connectivity index (χ2n) is 7.23. The van der Waals surface area contributed by atoms with Gasteiger partial charge in [0.2, 0.25) is 5.91 Å². The maximum absolute atomic E-state index is 12.5. The average molecular weight is 404 g/mol. The van der Waals surface area contributed by atoms with Crippen molar-refractivity contribution in [3.63, 3.8) is 0 Å². The number of aromatic amines is 1. The fourth-order valence-electron chi connectivity index (χ4n) is 2.35. The Balaban J connectivity index is 0.00000676. The van der Waals surface area contributed by atoms with Gasteiger partial charge in [0.25, 0.3) is 5.56 Å². The molecule has 1 aromatic heterocycles. The molecule has 27 heavy (non-hydrogen) atoms. The molecule has 0 aliphatic rings. The SMILES string of the molecule is CCCCn1c(NC(=O)C(C)C(C)N)c(NCCC(C)C)c(=O)[nH]c1=O.Cl. The number of aromatic nitrogens is 2. The third-order valence-corrected chi connectivity index (χ3v) is 4.40. The van der Waals surface area contributed by atoms with Crippen LogP contribution in [0.1, 0.15) is 53.9 Å². The van der Waals surface area contributed by atoms with Crippen LogP contribution in [0.25, 0.3) is 0 Å². The zero-order valence-corrected chi connectivity index (χ0v) is 17.7. The second-order valence-corrected chi connectivity index (χ2v) is 7.23. The van der Waals surface area contributed by atoms with E-state index in [-0.39, 0.29) is 35.9 Å². The van der Waals surface area contributed by atoms with E-state index in [0.717, 1.165) is 19.3 Å². The topological polar surface area (TPSA) is 122 Å². The van der Waals surface area contributed by atoms with Gasteiger partial charge >= 0.3 is 5.69 Å². The highest BCUT2D eigenvalue weighted by Crippen LogP contribution is 2.18. The molecule has 0 aliphatic heterocycles. The summed E-state index contributed by atoms with van der Waals surface area (Å²) in [6.45, 7) is 10.6. The number of hydrogen-bond donors (Lipinski definition) is 4. The summed E-state index contributed by atoms with van der Waals surface area (Å²) in [5, 5.41) is 5.83. The number of nitrogens with two attached hydrogens (primary N) is 1. The Morgan fingerprint density at radius 3 is 2.37 bits per heavy atom. The van der Waals surface area contributed by atoms with E-state index < -0.39 is 17.2 Å². The summed E-state index contributed by atoms with van der Waals surface area (Å²) < 4.78 is 1.41. The first-order valence-corrected chi connectivity index (χ1v) is 9.36. The Morgan fingerprint density at radius 1 is 1.22 bits per heavy atom. The van der Waals surface area contributed by atoms with E-state index in [1.807, 2.05) is 6.92 Å². The number of carbonyl (C=O) groups is 1. The maximum Gasteiger partial charge on any atom is 0.330 e. The van der Waals surface area contributed by atoms with Crippen molar-refractivity contribution < 1.29 is 4.79 Å². The van der Waals surface area contributed by atoms with E-state index in [4.69, 9.17) is 5.73 Å². The lowest BCUT2D eigenvalue weighted by molar-refractivity contribution is -0.119. The average Bonchev–Trinajstić information content (AvgIpc) is 2.55. The van der Waals surface area contributed by atoms with Crippen LogP contribution in [0.15, 0.2) is 9.59 Å². The third-order valence-electron chi connectivity index (χ3n) is 4.40. The number of hydrogen-bond acceptors (Lipinski definition) is 5. The molecule has 1 aromatic rings. The lowest BCUT2D eigenvalue weighted by Crippen LogP contribution is -2.39. The van der Waals surface area contributed by atoms with Gasteiger partial charge in [-0.15, -0.1) is 12.4 Å². The summed E-state index contributed by atoms with van der Waals surface area (Å²) in [5.74, 6) is -0.0909. The number of amides is 1. The van der Waals surface area contributed by atoms with Gasteiger partial charge in [0, 0.05) is 19.1 Å². The van der Waals surface area contributed by atoms with E-state index in [2.05, 4.69) is 29.5 Å². The van der Waals surface area contributed by atoms with Crippen molar-refractivity contribution in [2.24, 2.45) is 17.6 Å². The molecule has 0 saturated heterocycles. The molecule has 0 spiro atoms. The first-order chi connectivity index (χ1) is 12.2. The van der Waals surface area contributed by atoms with Crippen molar-refractivity contribution in [1.82, 2.24) is 9.55 Å².